The van der Waals surface area contributed by atoms with E-state index < -0.39 is 0 Å². The summed E-state index contributed by atoms with van der Waals surface area (Å²) < 4.78 is 17.0. The summed E-state index contributed by atoms with van der Waals surface area (Å²) in [5.41, 5.74) is 2.82. The quantitative estimate of drug-likeness (QED) is 0.414. The fourth-order valence-electron chi connectivity index (χ4n) is 4.16. The van der Waals surface area contributed by atoms with Gasteiger partial charge in [0.1, 0.15) is 11.5 Å². The highest BCUT2D eigenvalue weighted by Crippen LogP contribution is 2.25. The van der Waals surface area contributed by atoms with Gasteiger partial charge in [-0.15, -0.1) is 0 Å². The molecule has 0 aliphatic carbocycles. The summed E-state index contributed by atoms with van der Waals surface area (Å²) in [6.45, 7) is 3.96. The maximum atomic E-state index is 12.7. The molecule has 1 N–H and O–H groups in total. The lowest BCUT2D eigenvalue weighted by molar-refractivity contribution is 0.00584. The first-order valence-electron chi connectivity index (χ1n) is 12.0. The second-order valence-electron chi connectivity index (χ2n) is 8.65. The largest absolute Gasteiger partial charge is 0.497 e. The average molecular weight is 510 g/mol. The van der Waals surface area contributed by atoms with Gasteiger partial charge in [0.15, 0.2) is 0 Å². The Bertz CT molecular complexity index is 1130. The van der Waals surface area contributed by atoms with Gasteiger partial charge in [-0.3, -0.25) is 4.90 Å². The molecule has 0 saturated carbocycles. The van der Waals surface area contributed by atoms with Gasteiger partial charge in [0.2, 0.25) is 0 Å². The van der Waals surface area contributed by atoms with Crippen LogP contribution in [0.15, 0.2) is 72.8 Å². The monoisotopic (exact) mass is 509 g/mol. The van der Waals surface area contributed by atoms with Crippen LogP contribution in [0.25, 0.3) is 0 Å². The molecule has 0 aromatic heterocycles. The lowest BCUT2D eigenvalue weighted by Gasteiger charge is -2.36. The summed E-state index contributed by atoms with van der Waals surface area (Å²) in [5.74, 6) is 1.55. The number of ether oxygens (including phenoxy) is 3. The van der Waals surface area contributed by atoms with Crippen molar-refractivity contribution in [2.24, 2.45) is 0 Å². The number of amides is 2. The van der Waals surface area contributed by atoms with Crippen molar-refractivity contribution in [1.82, 2.24) is 9.80 Å². The number of benzene rings is 3. The molecule has 1 fully saturated rings. The zero-order chi connectivity index (χ0) is 25.3. The Balaban J connectivity index is 1.35. The third-order valence-electron chi connectivity index (χ3n) is 6.23. The van der Waals surface area contributed by atoms with E-state index in [2.05, 4.69) is 16.3 Å². The summed E-state index contributed by atoms with van der Waals surface area (Å²) in [5, 5.41) is 3.66. The van der Waals surface area contributed by atoms with Crippen molar-refractivity contribution < 1.29 is 19.0 Å². The van der Waals surface area contributed by atoms with Crippen molar-refractivity contribution in [3.8, 4) is 11.5 Å². The molecule has 7 nitrogen and oxygen atoms in total. The number of methoxy groups -OCH3 is 2. The zero-order valence-electron chi connectivity index (χ0n) is 20.7. The molecule has 36 heavy (non-hydrogen) atoms. The van der Waals surface area contributed by atoms with Crippen molar-refractivity contribution in [1.29, 1.82) is 0 Å². The van der Waals surface area contributed by atoms with Gasteiger partial charge in [-0.1, -0.05) is 35.9 Å². The molecule has 1 atom stereocenters. The molecular formula is C28H32ClN3O4. The number of anilines is 1. The first-order chi connectivity index (χ1) is 17.5. The summed E-state index contributed by atoms with van der Waals surface area (Å²) in [6, 6.07) is 22.9. The first kappa shape index (κ1) is 25.8. The molecule has 1 heterocycles. The van der Waals surface area contributed by atoms with Crippen molar-refractivity contribution in [2.45, 2.75) is 12.7 Å². The molecule has 1 saturated heterocycles. The van der Waals surface area contributed by atoms with E-state index >= 15 is 0 Å². The average Bonchev–Trinajstić information content (AvgIpc) is 2.92. The molecule has 1 aliphatic rings. The van der Waals surface area contributed by atoms with E-state index in [4.69, 9.17) is 25.8 Å². The summed E-state index contributed by atoms with van der Waals surface area (Å²) in [7, 11) is 3.28. The number of urea groups is 1. The van der Waals surface area contributed by atoms with E-state index in [1.54, 1.807) is 14.2 Å². The Labute approximate surface area is 217 Å². The molecule has 0 radical (unpaired) electrons. The Morgan fingerprint density at radius 2 is 1.64 bits per heavy atom. The fourth-order valence-corrected chi connectivity index (χ4v) is 4.38. The number of carbonyl (C=O) groups is 1. The Morgan fingerprint density at radius 3 is 2.33 bits per heavy atom. The maximum Gasteiger partial charge on any atom is 0.321 e. The number of nitrogens with zero attached hydrogens (tertiary/aromatic N) is 2. The van der Waals surface area contributed by atoms with Gasteiger partial charge in [-0.05, 0) is 59.7 Å². The van der Waals surface area contributed by atoms with Gasteiger partial charge in [-0.2, -0.15) is 0 Å². The highest BCUT2D eigenvalue weighted by Gasteiger charge is 2.24. The summed E-state index contributed by atoms with van der Waals surface area (Å²) in [6.07, 6.45) is -0.154. The van der Waals surface area contributed by atoms with E-state index in [0.29, 0.717) is 31.3 Å². The molecule has 190 valence electrons. The predicted octanol–water partition coefficient (Wildman–Crippen LogP) is 5.46. The lowest BCUT2D eigenvalue weighted by atomic mass is 10.1. The maximum absolute atomic E-state index is 12.7. The van der Waals surface area contributed by atoms with Crippen LogP contribution in [0.2, 0.25) is 5.02 Å². The zero-order valence-corrected chi connectivity index (χ0v) is 21.4. The Kier molecular flexibility index (Phi) is 9.06. The standard InChI is InChI=1S/C28H32ClN3O4/c1-34-25-11-9-24(10-12-25)30-28(33)32-15-13-31(14-16-32)19-27(22-6-4-8-26(18-22)35-2)36-20-21-5-3-7-23(29)17-21/h3-12,17-18,27H,13-16,19-20H2,1-2H3,(H,30,33). The van der Waals surface area contributed by atoms with Crippen LogP contribution in [0.5, 0.6) is 11.5 Å². The molecule has 0 spiro atoms. The van der Waals surface area contributed by atoms with Crippen LogP contribution >= 0.6 is 11.6 Å². The van der Waals surface area contributed by atoms with E-state index in [1.807, 2.05) is 71.6 Å². The van der Waals surface area contributed by atoms with Gasteiger partial charge in [0, 0.05) is 43.4 Å². The topological polar surface area (TPSA) is 63.3 Å². The van der Waals surface area contributed by atoms with Gasteiger partial charge in [-0.25, -0.2) is 4.79 Å². The van der Waals surface area contributed by atoms with E-state index in [9.17, 15) is 4.79 Å². The molecule has 8 heteroatoms. The first-order valence-corrected chi connectivity index (χ1v) is 12.3. The highest BCUT2D eigenvalue weighted by molar-refractivity contribution is 6.30. The van der Waals surface area contributed by atoms with Gasteiger partial charge < -0.3 is 24.4 Å². The number of halogens is 1. The molecule has 1 aliphatic heterocycles. The van der Waals surface area contributed by atoms with Crippen molar-refractivity contribution in [2.75, 3.05) is 52.3 Å². The fraction of sp³-hybridized carbons (Fsp3) is 0.321. The van der Waals surface area contributed by atoms with Crippen molar-refractivity contribution in [3.63, 3.8) is 0 Å². The molecular weight excluding hydrogens is 478 g/mol. The normalized spacial score (nSPS) is 14.8. The Hall–Kier alpha value is -3.26. The molecule has 0 bridgehead atoms. The molecule has 4 rings (SSSR count). The molecule has 1 unspecified atom stereocenters. The van der Waals surface area contributed by atoms with Crippen LogP contribution in [0.3, 0.4) is 0 Å². The van der Waals surface area contributed by atoms with Crippen LogP contribution in [0.1, 0.15) is 17.2 Å². The number of piperazine rings is 1. The molecule has 2 amide bonds. The minimum Gasteiger partial charge on any atom is -0.497 e. The van der Waals surface area contributed by atoms with Gasteiger partial charge >= 0.3 is 6.03 Å². The SMILES string of the molecule is COc1ccc(NC(=O)N2CCN(CC(OCc3cccc(Cl)c3)c3cccc(OC)c3)CC2)cc1. The lowest BCUT2D eigenvalue weighted by Crippen LogP contribution is -2.50. The third kappa shape index (κ3) is 7.13. The Morgan fingerprint density at radius 1 is 0.917 bits per heavy atom. The van der Waals surface area contributed by atoms with E-state index in [-0.39, 0.29) is 12.1 Å². The number of rotatable bonds is 9. The molecule has 3 aromatic carbocycles. The number of hydrogen-bond acceptors (Lipinski definition) is 5. The second kappa shape index (κ2) is 12.6. The number of hydrogen-bond donors (Lipinski definition) is 1. The summed E-state index contributed by atoms with van der Waals surface area (Å²) in [4.78, 5) is 16.9. The van der Waals surface area contributed by atoms with Crippen LogP contribution in [0, 0.1) is 0 Å². The second-order valence-corrected chi connectivity index (χ2v) is 9.09. The minimum absolute atomic E-state index is 0.0960. The predicted molar refractivity (Wildman–Crippen MR) is 142 cm³/mol. The van der Waals surface area contributed by atoms with Crippen LogP contribution in [0.4, 0.5) is 10.5 Å². The highest BCUT2D eigenvalue weighted by atomic mass is 35.5. The van der Waals surface area contributed by atoms with Crippen molar-refractivity contribution >= 4 is 23.3 Å². The summed E-state index contributed by atoms with van der Waals surface area (Å²) >= 11 is 6.15. The van der Waals surface area contributed by atoms with Crippen LogP contribution < -0.4 is 14.8 Å². The van der Waals surface area contributed by atoms with E-state index in [1.165, 1.54) is 0 Å². The molecule has 3 aromatic rings. The van der Waals surface area contributed by atoms with Gasteiger partial charge in [0.25, 0.3) is 0 Å². The number of carbonyl (C=O) groups excluding carboxylic acids is 1. The smallest absolute Gasteiger partial charge is 0.321 e. The van der Waals surface area contributed by atoms with E-state index in [0.717, 1.165) is 41.4 Å². The van der Waals surface area contributed by atoms with Crippen molar-refractivity contribution in [3.05, 3.63) is 88.9 Å². The van der Waals surface area contributed by atoms with Crippen LogP contribution in [-0.2, 0) is 11.3 Å². The van der Waals surface area contributed by atoms with Crippen LogP contribution in [-0.4, -0.2) is 62.8 Å². The van der Waals surface area contributed by atoms with Gasteiger partial charge in [0.05, 0.1) is 26.9 Å². The minimum atomic E-state index is -0.154. The third-order valence-corrected chi connectivity index (χ3v) is 6.47. The number of nitrogens with one attached hydrogen (secondary N) is 1.